The number of hydrogen-bond acceptors (Lipinski definition) is 7. The second-order valence-electron chi connectivity index (χ2n) is 10.4. The van der Waals surface area contributed by atoms with Crippen molar-refractivity contribution >= 4 is 22.7 Å². The number of rotatable bonds is 6. The first-order chi connectivity index (χ1) is 20.0. The summed E-state index contributed by atoms with van der Waals surface area (Å²) in [5.74, 6) is -0.915. The number of nitrogens with zero attached hydrogens (tertiary/aromatic N) is 2. The Hall–Kier alpha value is -4.33. The van der Waals surface area contributed by atoms with Crippen molar-refractivity contribution in [2.75, 3.05) is 31.6 Å². The third-order valence-corrected chi connectivity index (χ3v) is 7.67. The van der Waals surface area contributed by atoms with E-state index in [1.165, 1.54) is 12.1 Å². The summed E-state index contributed by atoms with van der Waals surface area (Å²) in [6.07, 6.45) is 2.67. The van der Waals surface area contributed by atoms with Gasteiger partial charge >= 0.3 is 0 Å². The summed E-state index contributed by atoms with van der Waals surface area (Å²) in [5.41, 5.74) is 4.02. The van der Waals surface area contributed by atoms with Gasteiger partial charge in [0.1, 0.15) is 29.3 Å². The van der Waals surface area contributed by atoms with E-state index in [1.807, 2.05) is 12.1 Å². The number of hydrogen-bond donors (Lipinski definition) is 3. The van der Waals surface area contributed by atoms with Gasteiger partial charge in [-0.15, -0.1) is 0 Å². The summed E-state index contributed by atoms with van der Waals surface area (Å²) < 4.78 is 40.9. The van der Waals surface area contributed by atoms with Crippen LogP contribution in [0.2, 0.25) is 0 Å². The van der Waals surface area contributed by atoms with E-state index in [0.29, 0.717) is 42.8 Å². The van der Waals surface area contributed by atoms with Gasteiger partial charge in [-0.1, -0.05) is 6.07 Å². The maximum atomic E-state index is 15.2. The number of pyridine rings is 1. The Morgan fingerprint density at radius 3 is 2.71 bits per heavy atom. The van der Waals surface area contributed by atoms with Crippen molar-refractivity contribution in [2.45, 2.75) is 37.5 Å². The molecule has 6 rings (SSSR count). The van der Waals surface area contributed by atoms with E-state index in [0.717, 1.165) is 35.7 Å². The number of nitrogens with one attached hydrogen (secondary N) is 3. The van der Waals surface area contributed by atoms with Crippen molar-refractivity contribution < 1.29 is 22.7 Å². The molecule has 0 aliphatic carbocycles. The number of alkyl halides is 1. The third-order valence-electron chi connectivity index (χ3n) is 7.67. The highest BCUT2D eigenvalue weighted by Gasteiger charge is 2.27. The van der Waals surface area contributed by atoms with Crippen molar-refractivity contribution in [2.24, 2.45) is 0 Å². The second kappa shape index (κ2) is 11.6. The summed E-state index contributed by atoms with van der Waals surface area (Å²) >= 11 is 0. The van der Waals surface area contributed by atoms with Gasteiger partial charge in [0.25, 0.3) is 5.91 Å². The molecule has 0 radical (unpaired) electrons. The molecule has 2 aliphatic rings. The Morgan fingerprint density at radius 1 is 1.07 bits per heavy atom. The summed E-state index contributed by atoms with van der Waals surface area (Å²) in [6, 6.07) is 15.1. The zero-order valence-electron chi connectivity index (χ0n) is 22.3. The summed E-state index contributed by atoms with van der Waals surface area (Å²) in [7, 11) is 0. The number of anilines is 1. The lowest BCUT2D eigenvalue weighted by atomic mass is 10.0. The highest BCUT2D eigenvalue weighted by atomic mass is 19.1. The number of aromatic nitrogens is 1. The minimum Gasteiger partial charge on any atom is -0.454 e. The zero-order valence-corrected chi connectivity index (χ0v) is 22.3. The van der Waals surface area contributed by atoms with Crippen LogP contribution in [-0.2, 0) is 4.74 Å². The highest BCUT2D eigenvalue weighted by molar-refractivity contribution is 5.96. The normalized spacial score (nSPS) is 19.5. The number of furan rings is 1. The topological polar surface area (TPSA) is 112 Å². The fourth-order valence-corrected chi connectivity index (χ4v) is 5.38. The Bertz CT molecular complexity index is 1630. The number of ether oxygens (including phenoxy) is 1. The van der Waals surface area contributed by atoms with E-state index in [-0.39, 0.29) is 29.5 Å². The molecule has 2 aromatic carbocycles. The predicted molar refractivity (Wildman–Crippen MR) is 151 cm³/mol. The second-order valence-corrected chi connectivity index (χ2v) is 10.4. The molecule has 10 heteroatoms. The van der Waals surface area contributed by atoms with Crippen LogP contribution in [-0.4, -0.2) is 55.4 Å². The van der Waals surface area contributed by atoms with Gasteiger partial charge in [0, 0.05) is 49.2 Å². The van der Waals surface area contributed by atoms with Crippen LogP contribution in [0, 0.1) is 17.1 Å². The first-order valence-electron chi connectivity index (χ1n) is 13.7. The van der Waals surface area contributed by atoms with Crippen LogP contribution >= 0.6 is 0 Å². The number of nitriles is 1. The SMILES string of the molecule is N#Cc1cc(-c2ccnc3cc(-c4ccc(C(=O)N[C@@H]5CCNC[C@@H]5F)cc4F)oc23)ccc1NC1CCOCC1. The molecule has 1 amide bonds. The lowest BCUT2D eigenvalue weighted by molar-refractivity contribution is 0.0891. The van der Waals surface area contributed by atoms with Gasteiger partial charge in [0.15, 0.2) is 5.58 Å². The monoisotopic (exact) mass is 557 g/mol. The largest absolute Gasteiger partial charge is 0.454 e. The molecular formula is C31H29F2N5O3. The van der Waals surface area contributed by atoms with Gasteiger partial charge in [-0.3, -0.25) is 9.78 Å². The van der Waals surface area contributed by atoms with Crippen LogP contribution in [0.4, 0.5) is 14.5 Å². The van der Waals surface area contributed by atoms with Crippen molar-refractivity contribution in [3.63, 3.8) is 0 Å². The molecule has 210 valence electrons. The van der Waals surface area contributed by atoms with E-state index < -0.39 is 23.9 Å². The lowest BCUT2D eigenvalue weighted by Gasteiger charge is -2.27. The number of carbonyl (C=O) groups excluding carboxylic acids is 1. The molecule has 41 heavy (non-hydrogen) atoms. The molecule has 2 aromatic heterocycles. The first-order valence-corrected chi connectivity index (χ1v) is 13.7. The first kappa shape index (κ1) is 26.9. The Balaban J connectivity index is 1.26. The Morgan fingerprint density at radius 2 is 1.93 bits per heavy atom. The maximum absolute atomic E-state index is 15.2. The average Bonchev–Trinajstić information content (AvgIpc) is 3.43. The minimum atomic E-state index is -1.20. The van der Waals surface area contributed by atoms with Crippen LogP contribution in [0.25, 0.3) is 33.6 Å². The number of fused-ring (bicyclic) bond motifs is 1. The lowest BCUT2D eigenvalue weighted by Crippen LogP contribution is -2.50. The summed E-state index contributed by atoms with van der Waals surface area (Å²) in [6.45, 7) is 2.18. The molecule has 2 fully saturated rings. The standard InChI is InChI=1S/C31H29F2N5O3/c32-24-14-19(31(39)38-27-6-9-35-17-25(27)33)1-3-23(24)29-15-28-30(41-29)22(5-10-36-28)18-2-4-26(20(13-18)16-34)37-21-7-11-40-12-8-21/h1-5,10,13-15,21,25,27,35,37H,6-9,11-12,17H2,(H,38,39)/t25-,27+/m0/s1. The number of piperidine rings is 1. The summed E-state index contributed by atoms with van der Waals surface area (Å²) in [4.78, 5) is 17.0. The molecule has 0 bridgehead atoms. The number of carbonyl (C=O) groups is 1. The van der Waals surface area contributed by atoms with Crippen molar-refractivity contribution in [1.29, 1.82) is 5.26 Å². The van der Waals surface area contributed by atoms with Crippen molar-refractivity contribution in [3.05, 3.63) is 71.7 Å². The van der Waals surface area contributed by atoms with Gasteiger partial charge in [-0.05, 0) is 67.8 Å². The molecule has 4 aromatic rings. The molecule has 0 unspecified atom stereocenters. The number of halogens is 2. The predicted octanol–water partition coefficient (Wildman–Crippen LogP) is 5.19. The van der Waals surface area contributed by atoms with E-state index in [4.69, 9.17) is 9.15 Å². The smallest absolute Gasteiger partial charge is 0.251 e. The number of amides is 1. The van der Waals surface area contributed by atoms with Gasteiger partial charge < -0.3 is 25.1 Å². The van der Waals surface area contributed by atoms with Gasteiger partial charge in [-0.25, -0.2) is 8.78 Å². The molecule has 2 aliphatic heterocycles. The zero-order chi connectivity index (χ0) is 28.3. The Labute approximate surface area is 235 Å². The molecule has 2 saturated heterocycles. The molecule has 0 spiro atoms. The van der Waals surface area contributed by atoms with Gasteiger partial charge in [0.05, 0.1) is 22.9 Å². The van der Waals surface area contributed by atoms with Crippen LogP contribution in [0.3, 0.4) is 0 Å². The van der Waals surface area contributed by atoms with Crippen molar-refractivity contribution in [3.8, 4) is 28.5 Å². The Kier molecular flexibility index (Phi) is 7.63. The third kappa shape index (κ3) is 5.64. The van der Waals surface area contributed by atoms with E-state index >= 15 is 4.39 Å². The molecule has 8 nitrogen and oxygen atoms in total. The molecule has 2 atom stereocenters. The molecular weight excluding hydrogens is 528 g/mol. The number of benzene rings is 2. The maximum Gasteiger partial charge on any atom is 0.251 e. The summed E-state index contributed by atoms with van der Waals surface area (Å²) in [5, 5.41) is 18.9. The average molecular weight is 558 g/mol. The van der Waals surface area contributed by atoms with Crippen LogP contribution in [0.1, 0.15) is 35.2 Å². The minimum absolute atomic E-state index is 0.102. The van der Waals surface area contributed by atoms with E-state index in [2.05, 4.69) is 27.0 Å². The fourth-order valence-electron chi connectivity index (χ4n) is 5.38. The van der Waals surface area contributed by atoms with Gasteiger partial charge in [-0.2, -0.15) is 5.26 Å². The molecule has 4 heterocycles. The highest BCUT2D eigenvalue weighted by Crippen LogP contribution is 2.36. The fraction of sp³-hybridized carbons (Fsp3) is 0.323. The van der Waals surface area contributed by atoms with Crippen molar-refractivity contribution in [1.82, 2.24) is 15.6 Å². The van der Waals surface area contributed by atoms with Crippen LogP contribution in [0.15, 0.2) is 59.1 Å². The molecule has 3 N–H and O–H groups in total. The van der Waals surface area contributed by atoms with Gasteiger partial charge in [0.2, 0.25) is 0 Å². The van der Waals surface area contributed by atoms with Crippen LogP contribution < -0.4 is 16.0 Å². The van der Waals surface area contributed by atoms with E-state index in [1.54, 1.807) is 24.4 Å². The van der Waals surface area contributed by atoms with E-state index in [9.17, 15) is 14.4 Å². The van der Waals surface area contributed by atoms with Crippen LogP contribution in [0.5, 0.6) is 0 Å². The molecule has 0 saturated carbocycles. The quantitative estimate of drug-likeness (QED) is 0.299.